The molecule has 1 amide bonds. The summed E-state index contributed by atoms with van der Waals surface area (Å²) < 4.78 is 1.20. The number of carboxylic acid groups (broad SMARTS) is 1. The molecule has 0 bridgehead atoms. The van der Waals surface area contributed by atoms with E-state index in [-0.39, 0.29) is 12.3 Å². The number of nitrogens with zero attached hydrogens (tertiary/aromatic N) is 2. The molecule has 5 nitrogen and oxygen atoms in total. The number of thiazole rings is 1. The molecule has 25 heavy (non-hydrogen) atoms. The molecule has 1 N–H and O–H groups in total. The van der Waals surface area contributed by atoms with Gasteiger partial charge in [0.15, 0.2) is 0 Å². The zero-order valence-corrected chi connectivity index (χ0v) is 15.7. The number of fused-ring (bicyclic) bond motifs is 1. The van der Waals surface area contributed by atoms with Gasteiger partial charge in [0.05, 0.1) is 21.6 Å². The molecule has 0 saturated carbocycles. The van der Waals surface area contributed by atoms with E-state index in [2.05, 4.69) is 11.1 Å². The van der Waals surface area contributed by atoms with Crippen LogP contribution in [0, 0.1) is 5.92 Å². The maximum Gasteiger partial charge on any atom is 0.305 e. The summed E-state index contributed by atoms with van der Waals surface area (Å²) in [5, 5.41) is 9.94. The highest BCUT2D eigenvalue weighted by Crippen LogP contribution is 2.23. The summed E-state index contributed by atoms with van der Waals surface area (Å²) in [5.74, 6) is -0.475. The number of carbonyl (C=O) groups excluding carboxylic acids is 1. The van der Waals surface area contributed by atoms with Gasteiger partial charge in [-0.2, -0.15) is 0 Å². The Morgan fingerprint density at radius 1 is 1.20 bits per heavy atom. The standard InChI is InChI=1S/C19H26N2O3S/c1-14(2)13-21(12-11-19(23)24)18(22)10-6-5-9-17-20-15-7-3-4-8-16(15)25-17/h3-4,7-8,14H,5-6,9-13H2,1-2H3,(H,23,24). The van der Waals surface area contributed by atoms with Crippen molar-refractivity contribution in [2.24, 2.45) is 5.92 Å². The Morgan fingerprint density at radius 3 is 2.64 bits per heavy atom. The summed E-state index contributed by atoms with van der Waals surface area (Å²) in [7, 11) is 0. The van der Waals surface area contributed by atoms with Gasteiger partial charge in [-0.3, -0.25) is 9.59 Å². The lowest BCUT2D eigenvalue weighted by Gasteiger charge is -2.24. The number of para-hydroxylation sites is 1. The molecular formula is C19H26N2O3S. The van der Waals surface area contributed by atoms with E-state index in [1.165, 1.54) is 4.70 Å². The number of benzene rings is 1. The summed E-state index contributed by atoms with van der Waals surface area (Å²) in [6.45, 7) is 4.98. The van der Waals surface area contributed by atoms with Crippen molar-refractivity contribution in [3.63, 3.8) is 0 Å². The molecule has 0 atom stereocenters. The van der Waals surface area contributed by atoms with E-state index in [1.807, 2.05) is 32.0 Å². The molecule has 1 aromatic carbocycles. The Labute approximate surface area is 152 Å². The zero-order valence-electron chi connectivity index (χ0n) is 14.9. The van der Waals surface area contributed by atoms with Crippen LogP contribution in [0.4, 0.5) is 0 Å². The Hall–Kier alpha value is -1.95. The summed E-state index contributed by atoms with van der Waals surface area (Å²) in [5.41, 5.74) is 1.04. The fourth-order valence-electron chi connectivity index (χ4n) is 2.73. The normalized spacial score (nSPS) is 11.2. The number of aromatic nitrogens is 1. The van der Waals surface area contributed by atoms with E-state index in [1.54, 1.807) is 16.2 Å². The van der Waals surface area contributed by atoms with Crippen LogP contribution >= 0.6 is 11.3 Å². The number of carboxylic acids is 1. The Bertz CT molecular complexity index is 679. The molecule has 136 valence electrons. The number of carbonyl (C=O) groups is 2. The zero-order chi connectivity index (χ0) is 18.2. The fourth-order valence-corrected chi connectivity index (χ4v) is 3.74. The monoisotopic (exact) mass is 362 g/mol. The molecule has 1 heterocycles. The van der Waals surface area contributed by atoms with Gasteiger partial charge in [0.1, 0.15) is 0 Å². The molecule has 0 spiro atoms. The van der Waals surface area contributed by atoms with Crippen LogP contribution in [0.3, 0.4) is 0 Å². The summed E-state index contributed by atoms with van der Waals surface area (Å²) >= 11 is 1.71. The van der Waals surface area contributed by atoms with Gasteiger partial charge in [-0.1, -0.05) is 26.0 Å². The molecule has 1 aromatic heterocycles. The van der Waals surface area contributed by atoms with Crippen molar-refractivity contribution in [1.82, 2.24) is 9.88 Å². The summed E-state index contributed by atoms with van der Waals surface area (Å²) in [4.78, 5) is 29.4. The van der Waals surface area contributed by atoms with E-state index in [0.29, 0.717) is 25.4 Å². The van der Waals surface area contributed by atoms with Crippen molar-refractivity contribution in [3.8, 4) is 0 Å². The molecule has 2 rings (SSSR count). The van der Waals surface area contributed by atoms with Gasteiger partial charge in [0.2, 0.25) is 5.91 Å². The first-order valence-corrected chi connectivity index (χ1v) is 9.61. The van der Waals surface area contributed by atoms with Crippen LogP contribution in [0.5, 0.6) is 0 Å². The van der Waals surface area contributed by atoms with Crippen LogP contribution in [0.25, 0.3) is 10.2 Å². The first-order valence-electron chi connectivity index (χ1n) is 8.79. The number of rotatable bonds is 10. The fraction of sp³-hybridized carbons (Fsp3) is 0.526. The number of hydrogen-bond donors (Lipinski definition) is 1. The van der Waals surface area contributed by atoms with E-state index < -0.39 is 5.97 Å². The SMILES string of the molecule is CC(C)CN(CCC(=O)O)C(=O)CCCCc1nc2ccccc2s1. The molecular weight excluding hydrogens is 336 g/mol. The first kappa shape index (κ1) is 19.4. The number of hydrogen-bond acceptors (Lipinski definition) is 4. The molecule has 2 aromatic rings. The van der Waals surface area contributed by atoms with Gasteiger partial charge in [0.25, 0.3) is 0 Å². The highest BCUT2D eigenvalue weighted by atomic mass is 32.1. The topological polar surface area (TPSA) is 70.5 Å². The van der Waals surface area contributed by atoms with Crippen molar-refractivity contribution in [3.05, 3.63) is 29.3 Å². The van der Waals surface area contributed by atoms with Crippen molar-refractivity contribution in [2.75, 3.05) is 13.1 Å². The average Bonchev–Trinajstić information content (AvgIpc) is 2.97. The van der Waals surface area contributed by atoms with Gasteiger partial charge in [-0.05, 0) is 37.3 Å². The Morgan fingerprint density at radius 2 is 1.96 bits per heavy atom. The van der Waals surface area contributed by atoms with E-state index >= 15 is 0 Å². The minimum Gasteiger partial charge on any atom is -0.481 e. The predicted octanol–water partition coefficient (Wildman–Crippen LogP) is 3.97. The third-order valence-corrected chi connectivity index (χ3v) is 5.00. The number of unbranched alkanes of at least 4 members (excludes halogenated alkanes) is 1. The van der Waals surface area contributed by atoms with E-state index in [4.69, 9.17) is 5.11 Å². The molecule has 0 saturated heterocycles. The van der Waals surface area contributed by atoms with Crippen LogP contribution in [0.1, 0.15) is 44.5 Å². The highest BCUT2D eigenvalue weighted by Gasteiger charge is 2.15. The average molecular weight is 362 g/mol. The minimum atomic E-state index is -0.864. The maximum absolute atomic E-state index is 12.4. The quantitative estimate of drug-likeness (QED) is 0.649. The van der Waals surface area contributed by atoms with Gasteiger partial charge >= 0.3 is 5.97 Å². The van der Waals surface area contributed by atoms with Crippen molar-refractivity contribution >= 4 is 33.4 Å². The van der Waals surface area contributed by atoms with Gasteiger partial charge < -0.3 is 10.0 Å². The third-order valence-electron chi connectivity index (χ3n) is 3.90. The molecule has 0 aliphatic heterocycles. The Kier molecular flexibility index (Phi) is 7.37. The van der Waals surface area contributed by atoms with E-state index in [0.717, 1.165) is 29.8 Å². The largest absolute Gasteiger partial charge is 0.481 e. The lowest BCUT2D eigenvalue weighted by atomic mass is 10.1. The van der Waals surface area contributed by atoms with Crippen molar-refractivity contribution in [2.45, 2.75) is 46.0 Å². The smallest absolute Gasteiger partial charge is 0.305 e. The molecule has 0 aliphatic carbocycles. The second-order valence-corrected chi connectivity index (χ2v) is 7.77. The number of aryl methyl sites for hydroxylation is 1. The molecule has 0 fully saturated rings. The van der Waals surface area contributed by atoms with Crippen LogP contribution < -0.4 is 0 Å². The summed E-state index contributed by atoms with van der Waals surface area (Å²) in [6, 6.07) is 8.10. The maximum atomic E-state index is 12.4. The van der Waals surface area contributed by atoms with Crippen LogP contribution in [-0.4, -0.2) is 40.0 Å². The minimum absolute atomic E-state index is 0.00413. The lowest BCUT2D eigenvalue weighted by Crippen LogP contribution is -2.35. The molecule has 0 radical (unpaired) electrons. The number of amides is 1. The number of aliphatic carboxylic acids is 1. The Balaban J connectivity index is 1.77. The lowest BCUT2D eigenvalue weighted by molar-refractivity contribution is -0.138. The van der Waals surface area contributed by atoms with Gasteiger partial charge in [0, 0.05) is 19.5 Å². The van der Waals surface area contributed by atoms with Crippen molar-refractivity contribution < 1.29 is 14.7 Å². The predicted molar refractivity (Wildman–Crippen MR) is 101 cm³/mol. The first-order chi connectivity index (χ1) is 12.0. The third kappa shape index (κ3) is 6.46. The van der Waals surface area contributed by atoms with Crippen LogP contribution in [0.15, 0.2) is 24.3 Å². The van der Waals surface area contributed by atoms with Crippen LogP contribution in [-0.2, 0) is 16.0 Å². The van der Waals surface area contributed by atoms with Crippen molar-refractivity contribution in [1.29, 1.82) is 0 Å². The molecule has 0 aliphatic rings. The van der Waals surface area contributed by atoms with E-state index in [9.17, 15) is 9.59 Å². The molecule has 6 heteroatoms. The van der Waals surface area contributed by atoms with Gasteiger partial charge in [-0.15, -0.1) is 11.3 Å². The second kappa shape index (κ2) is 9.51. The second-order valence-electron chi connectivity index (χ2n) is 6.66. The highest BCUT2D eigenvalue weighted by molar-refractivity contribution is 7.18. The summed E-state index contributed by atoms with van der Waals surface area (Å²) in [6.07, 6.45) is 3.07. The molecule has 0 unspecified atom stereocenters. The van der Waals surface area contributed by atoms with Crippen LogP contribution in [0.2, 0.25) is 0 Å². The van der Waals surface area contributed by atoms with Gasteiger partial charge in [-0.25, -0.2) is 4.98 Å².